The van der Waals surface area contributed by atoms with Crippen molar-refractivity contribution in [3.05, 3.63) is 70.5 Å². The van der Waals surface area contributed by atoms with Crippen LogP contribution in [0.15, 0.2) is 42.5 Å². The minimum Gasteiger partial charge on any atom is -0.316 e. The van der Waals surface area contributed by atoms with Crippen LogP contribution in [0.5, 0.6) is 0 Å². The summed E-state index contributed by atoms with van der Waals surface area (Å²) in [6, 6.07) is 13.2. The maximum atomic E-state index is 13.1. The highest BCUT2D eigenvalue weighted by Gasteiger charge is 2.20. The summed E-state index contributed by atoms with van der Waals surface area (Å²) in [7, 11) is 0. The summed E-state index contributed by atoms with van der Waals surface area (Å²) in [5.74, 6) is 0.846. The van der Waals surface area contributed by atoms with Gasteiger partial charge in [0.15, 0.2) is 5.78 Å². The van der Waals surface area contributed by atoms with Crippen molar-refractivity contribution >= 4 is 30.6 Å². The molecule has 176 valence electrons. The van der Waals surface area contributed by atoms with E-state index in [1.165, 1.54) is 29.5 Å². The predicted molar refractivity (Wildman–Crippen MR) is 134 cm³/mol. The first-order valence-electron chi connectivity index (χ1n) is 11.5. The van der Waals surface area contributed by atoms with Gasteiger partial charge in [0, 0.05) is 18.5 Å². The number of rotatable bonds is 7. The van der Waals surface area contributed by atoms with E-state index in [0.29, 0.717) is 12.2 Å². The van der Waals surface area contributed by atoms with E-state index in [9.17, 15) is 9.18 Å². The second-order valence-electron chi connectivity index (χ2n) is 8.89. The fraction of sp³-hybridized carbons (Fsp3) is 0.500. The van der Waals surface area contributed by atoms with Gasteiger partial charge in [0.1, 0.15) is 5.82 Å². The average molecular weight is 481 g/mol. The average Bonchev–Trinajstić information content (AvgIpc) is 3.01. The fourth-order valence-electron chi connectivity index (χ4n) is 4.82. The summed E-state index contributed by atoms with van der Waals surface area (Å²) in [6.45, 7) is 5.12. The summed E-state index contributed by atoms with van der Waals surface area (Å²) in [5.41, 5.74) is 4.81. The van der Waals surface area contributed by atoms with Crippen molar-refractivity contribution in [3.63, 3.8) is 0 Å². The van der Waals surface area contributed by atoms with Crippen LogP contribution in [0, 0.1) is 11.7 Å². The Balaban J connectivity index is 0.00000181. The van der Waals surface area contributed by atoms with E-state index in [1.54, 1.807) is 12.1 Å². The Hall–Kier alpha value is -1.46. The van der Waals surface area contributed by atoms with Crippen LogP contribution < -0.4 is 5.32 Å². The first-order chi connectivity index (χ1) is 14.7. The highest BCUT2D eigenvalue weighted by Crippen LogP contribution is 2.25. The molecule has 1 fully saturated rings. The highest BCUT2D eigenvalue weighted by molar-refractivity contribution is 5.96. The van der Waals surface area contributed by atoms with Gasteiger partial charge in [-0.15, -0.1) is 24.8 Å². The van der Waals surface area contributed by atoms with Gasteiger partial charge in [-0.25, -0.2) is 4.39 Å². The molecule has 2 aliphatic heterocycles. The third kappa shape index (κ3) is 7.55. The lowest BCUT2D eigenvalue weighted by Crippen LogP contribution is -2.33. The Morgan fingerprint density at radius 1 is 0.969 bits per heavy atom. The highest BCUT2D eigenvalue weighted by atomic mass is 35.5. The van der Waals surface area contributed by atoms with Crippen molar-refractivity contribution in [2.24, 2.45) is 5.92 Å². The number of piperidine rings is 1. The Morgan fingerprint density at radius 3 is 2.38 bits per heavy atom. The Morgan fingerprint density at radius 2 is 1.66 bits per heavy atom. The number of carbonyl (C=O) groups excluding carboxylic acids is 1. The number of Topliss-reactive ketones (excluding diaryl/α,β-unsaturated/α-hetero) is 1. The van der Waals surface area contributed by atoms with E-state index in [-0.39, 0.29) is 30.6 Å². The van der Waals surface area contributed by atoms with Gasteiger partial charge in [-0.05, 0) is 106 Å². The van der Waals surface area contributed by atoms with Crippen LogP contribution in [0.1, 0.15) is 59.2 Å². The van der Waals surface area contributed by atoms with Gasteiger partial charge in [0.2, 0.25) is 0 Å². The lowest BCUT2D eigenvalue weighted by atomic mass is 9.90. The van der Waals surface area contributed by atoms with E-state index in [1.807, 2.05) is 18.2 Å². The third-order valence-corrected chi connectivity index (χ3v) is 6.71. The van der Waals surface area contributed by atoms with Crippen LogP contribution in [-0.4, -0.2) is 36.9 Å². The Labute approximate surface area is 204 Å². The van der Waals surface area contributed by atoms with E-state index in [2.05, 4.69) is 22.3 Å². The maximum Gasteiger partial charge on any atom is 0.162 e. The van der Waals surface area contributed by atoms with Gasteiger partial charge in [-0.3, -0.25) is 9.69 Å². The molecule has 4 rings (SSSR count). The number of carbonyl (C=O) groups is 1. The van der Waals surface area contributed by atoms with Gasteiger partial charge in [0.25, 0.3) is 0 Å². The van der Waals surface area contributed by atoms with Crippen LogP contribution in [0.25, 0.3) is 0 Å². The smallest absolute Gasteiger partial charge is 0.162 e. The second-order valence-corrected chi connectivity index (χ2v) is 8.89. The van der Waals surface area contributed by atoms with Crippen molar-refractivity contribution in [2.75, 3.05) is 26.2 Å². The molecule has 2 aliphatic rings. The summed E-state index contributed by atoms with van der Waals surface area (Å²) >= 11 is 0. The second kappa shape index (κ2) is 13.3. The van der Waals surface area contributed by atoms with Crippen molar-refractivity contribution in [3.8, 4) is 0 Å². The molecule has 0 saturated carbocycles. The van der Waals surface area contributed by atoms with Crippen molar-refractivity contribution in [1.29, 1.82) is 0 Å². The van der Waals surface area contributed by atoms with Crippen LogP contribution in [-0.2, 0) is 19.4 Å². The van der Waals surface area contributed by atoms with Crippen LogP contribution in [0.2, 0.25) is 0 Å². The number of ketones is 1. The van der Waals surface area contributed by atoms with E-state index in [0.717, 1.165) is 69.9 Å². The molecule has 3 nitrogen and oxygen atoms in total. The first-order valence-corrected chi connectivity index (χ1v) is 11.5. The predicted octanol–water partition coefficient (Wildman–Crippen LogP) is 5.62. The fourth-order valence-corrected chi connectivity index (χ4v) is 4.82. The molecule has 0 aromatic heterocycles. The van der Waals surface area contributed by atoms with Gasteiger partial charge < -0.3 is 5.32 Å². The van der Waals surface area contributed by atoms with Crippen molar-refractivity contribution in [1.82, 2.24) is 10.2 Å². The zero-order valence-corrected chi connectivity index (χ0v) is 20.3. The summed E-state index contributed by atoms with van der Waals surface area (Å²) in [4.78, 5) is 15.1. The molecule has 0 unspecified atom stereocenters. The number of nitrogens with one attached hydrogen (secondary N) is 1. The molecule has 0 amide bonds. The van der Waals surface area contributed by atoms with Crippen LogP contribution in [0.4, 0.5) is 4.39 Å². The lowest BCUT2D eigenvalue weighted by Gasteiger charge is -2.32. The van der Waals surface area contributed by atoms with E-state index >= 15 is 0 Å². The zero-order chi connectivity index (χ0) is 20.8. The molecular weight excluding hydrogens is 446 g/mol. The Bertz CT molecular complexity index is 851. The number of fused-ring (bicyclic) bond motifs is 1. The largest absolute Gasteiger partial charge is 0.316 e. The topological polar surface area (TPSA) is 32.3 Å². The van der Waals surface area contributed by atoms with Gasteiger partial charge in [-0.2, -0.15) is 0 Å². The number of nitrogens with zero attached hydrogens (tertiary/aromatic N) is 1. The summed E-state index contributed by atoms with van der Waals surface area (Å²) in [5, 5.41) is 3.43. The normalized spacial score (nSPS) is 16.9. The molecule has 0 atom stereocenters. The molecule has 2 aromatic carbocycles. The molecule has 6 heteroatoms. The molecular formula is C26H35Cl2FN2O. The number of halogens is 3. The molecule has 0 bridgehead atoms. The quantitative estimate of drug-likeness (QED) is 0.521. The Kier molecular flexibility index (Phi) is 11.1. The molecule has 2 heterocycles. The zero-order valence-electron chi connectivity index (χ0n) is 18.7. The monoisotopic (exact) mass is 480 g/mol. The molecule has 2 aromatic rings. The SMILES string of the molecule is Cl.Cl.O=C(CCCC1CCN(Cc2ccc(F)cc2)CC1)c1ccc2c(c1)CCNCC2. The van der Waals surface area contributed by atoms with Crippen LogP contribution in [0.3, 0.4) is 0 Å². The van der Waals surface area contributed by atoms with Gasteiger partial charge in [-0.1, -0.05) is 24.3 Å². The first kappa shape index (κ1) is 26.8. The summed E-state index contributed by atoms with van der Waals surface area (Å²) < 4.78 is 13.1. The number of hydrogen-bond acceptors (Lipinski definition) is 3. The maximum absolute atomic E-state index is 13.1. The minimum atomic E-state index is -0.171. The van der Waals surface area contributed by atoms with Gasteiger partial charge in [0.05, 0.1) is 0 Å². The number of hydrogen-bond donors (Lipinski definition) is 1. The van der Waals surface area contributed by atoms with Crippen molar-refractivity contribution < 1.29 is 9.18 Å². The van der Waals surface area contributed by atoms with E-state index < -0.39 is 0 Å². The molecule has 0 spiro atoms. The number of benzene rings is 2. The molecule has 1 N–H and O–H groups in total. The summed E-state index contributed by atoms with van der Waals surface area (Å²) in [6.07, 6.45) is 7.26. The van der Waals surface area contributed by atoms with Crippen LogP contribution >= 0.6 is 24.8 Å². The standard InChI is InChI=1S/C26H33FN2O.2ClH/c27-25-8-4-21(5-9-25)19-29-16-12-20(13-17-29)2-1-3-26(30)24-7-6-22-10-14-28-15-11-23(22)18-24;;/h4-9,18,20,28H,1-3,10-17,19H2;2*1H. The molecule has 32 heavy (non-hydrogen) atoms. The van der Waals surface area contributed by atoms with Gasteiger partial charge >= 0.3 is 0 Å². The molecule has 0 radical (unpaired) electrons. The molecule has 0 aliphatic carbocycles. The van der Waals surface area contributed by atoms with Crippen molar-refractivity contribution in [2.45, 2.75) is 51.5 Å². The lowest BCUT2D eigenvalue weighted by molar-refractivity contribution is 0.0974. The molecule has 1 saturated heterocycles. The third-order valence-electron chi connectivity index (χ3n) is 6.71. The van der Waals surface area contributed by atoms with E-state index in [4.69, 9.17) is 0 Å². The number of likely N-dealkylation sites (tertiary alicyclic amines) is 1. The minimum absolute atomic E-state index is 0.